The molecule has 0 unspecified atom stereocenters. The van der Waals surface area contributed by atoms with Crippen molar-refractivity contribution in [3.8, 4) is 0 Å². The fourth-order valence-electron chi connectivity index (χ4n) is 1.27. The minimum absolute atomic E-state index is 0.0312. The average Bonchev–Trinajstić information content (AvgIpc) is 2.25. The highest BCUT2D eigenvalue weighted by Gasteiger charge is 2.15. The number of nitrogens with zero attached hydrogens (tertiary/aromatic N) is 1. The molecule has 0 radical (unpaired) electrons. The zero-order valence-electron chi connectivity index (χ0n) is 9.17. The first-order chi connectivity index (χ1) is 7.60. The Morgan fingerprint density at radius 3 is 2.69 bits per heavy atom. The molecule has 1 rings (SSSR count). The molecule has 88 valence electrons. The molecule has 0 N–H and O–H groups in total. The third-order valence-corrected chi connectivity index (χ3v) is 2.33. The summed E-state index contributed by atoms with van der Waals surface area (Å²) in [6, 6.07) is 4.20. The molecule has 1 aromatic rings. The first-order valence-electron chi connectivity index (χ1n) is 4.99. The molecule has 0 spiro atoms. The molecule has 0 aliphatic carbocycles. The van der Waals surface area contributed by atoms with Gasteiger partial charge in [0.15, 0.2) is 0 Å². The van der Waals surface area contributed by atoms with Crippen molar-refractivity contribution < 1.29 is 13.9 Å². The second-order valence-corrected chi connectivity index (χ2v) is 3.45. The van der Waals surface area contributed by atoms with Crippen molar-refractivity contribution in [3.63, 3.8) is 0 Å². The number of rotatable bonds is 3. The van der Waals surface area contributed by atoms with E-state index in [-0.39, 0.29) is 11.6 Å². The van der Waals surface area contributed by atoms with Gasteiger partial charge in [-0.15, -0.1) is 0 Å². The summed E-state index contributed by atoms with van der Waals surface area (Å²) in [5.41, 5.74) is 0.433. The quantitative estimate of drug-likeness (QED) is 0.816. The van der Waals surface area contributed by atoms with Gasteiger partial charge in [0.25, 0.3) is 0 Å². The Balaban J connectivity index is 2.95. The fourth-order valence-corrected chi connectivity index (χ4v) is 1.39. The molecular formula is C11H13ClFNO2. The molecule has 0 fully saturated rings. The van der Waals surface area contributed by atoms with Crippen LogP contribution in [-0.4, -0.2) is 19.2 Å². The van der Waals surface area contributed by atoms with Crippen molar-refractivity contribution in [1.29, 1.82) is 0 Å². The van der Waals surface area contributed by atoms with Gasteiger partial charge in [0.2, 0.25) is 0 Å². The van der Waals surface area contributed by atoms with E-state index in [1.54, 1.807) is 19.9 Å². The maximum absolute atomic E-state index is 13.2. The highest BCUT2D eigenvalue weighted by atomic mass is 35.5. The Kier molecular flexibility index (Phi) is 4.55. The standard InChI is InChI=1S/C11H13ClFNO2/c1-3-14(11(15)16-4-2)8-5-6-9(12)10(13)7-8/h5-7H,3-4H2,1-2H3. The van der Waals surface area contributed by atoms with E-state index in [0.29, 0.717) is 12.2 Å². The van der Waals surface area contributed by atoms with Gasteiger partial charge in [0.05, 0.1) is 17.3 Å². The summed E-state index contributed by atoms with van der Waals surface area (Å²) in [7, 11) is 0. The number of anilines is 1. The van der Waals surface area contributed by atoms with E-state index in [0.717, 1.165) is 0 Å². The molecule has 1 aromatic carbocycles. The van der Waals surface area contributed by atoms with E-state index >= 15 is 0 Å². The van der Waals surface area contributed by atoms with E-state index < -0.39 is 11.9 Å². The third-order valence-electron chi connectivity index (χ3n) is 2.02. The maximum Gasteiger partial charge on any atom is 0.414 e. The summed E-state index contributed by atoms with van der Waals surface area (Å²) in [4.78, 5) is 12.9. The molecule has 0 aliphatic rings. The number of carbonyl (C=O) groups excluding carboxylic acids is 1. The van der Waals surface area contributed by atoms with Gasteiger partial charge in [-0.05, 0) is 32.0 Å². The predicted molar refractivity (Wildman–Crippen MR) is 61.5 cm³/mol. The minimum Gasteiger partial charge on any atom is -0.449 e. The van der Waals surface area contributed by atoms with Crippen LogP contribution in [0.15, 0.2) is 18.2 Å². The Morgan fingerprint density at radius 2 is 2.19 bits per heavy atom. The van der Waals surface area contributed by atoms with Gasteiger partial charge in [0.1, 0.15) is 5.82 Å². The van der Waals surface area contributed by atoms with E-state index in [1.807, 2.05) is 0 Å². The van der Waals surface area contributed by atoms with Crippen molar-refractivity contribution in [2.24, 2.45) is 0 Å². The van der Waals surface area contributed by atoms with Gasteiger partial charge in [0, 0.05) is 6.54 Å². The van der Waals surface area contributed by atoms with Crippen LogP contribution in [0.3, 0.4) is 0 Å². The number of hydrogen-bond acceptors (Lipinski definition) is 2. The lowest BCUT2D eigenvalue weighted by molar-refractivity contribution is 0.160. The Labute approximate surface area is 98.8 Å². The summed E-state index contributed by atoms with van der Waals surface area (Å²) in [5.74, 6) is -0.554. The van der Waals surface area contributed by atoms with Gasteiger partial charge in [-0.2, -0.15) is 0 Å². The van der Waals surface area contributed by atoms with E-state index in [4.69, 9.17) is 16.3 Å². The maximum atomic E-state index is 13.2. The van der Waals surface area contributed by atoms with Gasteiger partial charge >= 0.3 is 6.09 Å². The molecule has 5 heteroatoms. The molecule has 0 aliphatic heterocycles. The SMILES string of the molecule is CCOC(=O)N(CC)c1ccc(Cl)c(F)c1. The predicted octanol–water partition coefficient (Wildman–Crippen LogP) is 3.46. The molecule has 16 heavy (non-hydrogen) atoms. The molecule has 0 aromatic heterocycles. The minimum atomic E-state index is -0.554. The monoisotopic (exact) mass is 245 g/mol. The lowest BCUT2D eigenvalue weighted by atomic mass is 10.3. The Morgan fingerprint density at radius 1 is 1.50 bits per heavy atom. The number of hydrogen-bond donors (Lipinski definition) is 0. The van der Waals surface area contributed by atoms with Crippen molar-refractivity contribution in [1.82, 2.24) is 0 Å². The zero-order valence-corrected chi connectivity index (χ0v) is 9.92. The average molecular weight is 246 g/mol. The summed E-state index contributed by atoms with van der Waals surface area (Å²) < 4.78 is 18.1. The highest BCUT2D eigenvalue weighted by molar-refractivity contribution is 6.30. The summed E-state index contributed by atoms with van der Waals surface area (Å²) in [5, 5.41) is 0.0312. The molecule has 3 nitrogen and oxygen atoms in total. The second kappa shape index (κ2) is 5.70. The van der Waals surface area contributed by atoms with Crippen molar-refractivity contribution in [3.05, 3.63) is 29.0 Å². The third kappa shape index (κ3) is 2.85. The molecule has 0 bridgehead atoms. The van der Waals surface area contributed by atoms with Gasteiger partial charge in [-0.25, -0.2) is 9.18 Å². The van der Waals surface area contributed by atoms with E-state index in [1.165, 1.54) is 17.0 Å². The molecular weight excluding hydrogens is 233 g/mol. The fraction of sp³-hybridized carbons (Fsp3) is 0.364. The normalized spacial score (nSPS) is 10.0. The van der Waals surface area contributed by atoms with Gasteiger partial charge < -0.3 is 4.74 Å². The summed E-state index contributed by atoms with van der Waals surface area (Å²) >= 11 is 5.56. The molecule has 0 saturated heterocycles. The number of amides is 1. The smallest absolute Gasteiger partial charge is 0.414 e. The van der Waals surface area contributed by atoms with Crippen molar-refractivity contribution >= 4 is 23.4 Å². The topological polar surface area (TPSA) is 29.5 Å². The number of halogens is 2. The Bertz CT molecular complexity index is 384. The lowest BCUT2D eigenvalue weighted by Crippen LogP contribution is -2.31. The number of benzene rings is 1. The van der Waals surface area contributed by atoms with Gasteiger partial charge in [-0.1, -0.05) is 11.6 Å². The molecule has 0 atom stereocenters. The lowest BCUT2D eigenvalue weighted by Gasteiger charge is -2.20. The van der Waals surface area contributed by atoms with Crippen molar-refractivity contribution in [2.45, 2.75) is 13.8 Å². The molecule has 0 heterocycles. The number of carbonyl (C=O) groups is 1. The van der Waals surface area contributed by atoms with Crippen LogP contribution in [0, 0.1) is 5.82 Å². The van der Waals surface area contributed by atoms with Crippen molar-refractivity contribution in [2.75, 3.05) is 18.1 Å². The highest BCUT2D eigenvalue weighted by Crippen LogP contribution is 2.22. The van der Waals surface area contributed by atoms with Crippen LogP contribution in [-0.2, 0) is 4.74 Å². The largest absolute Gasteiger partial charge is 0.449 e. The van der Waals surface area contributed by atoms with Crippen LogP contribution in [0.5, 0.6) is 0 Å². The first-order valence-corrected chi connectivity index (χ1v) is 5.37. The van der Waals surface area contributed by atoms with Crippen LogP contribution in [0.1, 0.15) is 13.8 Å². The van der Waals surface area contributed by atoms with Crippen LogP contribution in [0.25, 0.3) is 0 Å². The first kappa shape index (κ1) is 12.8. The van der Waals surface area contributed by atoms with Crippen LogP contribution in [0.2, 0.25) is 5.02 Å². The van der Waals surface area contributed by atoms with Crippen LogP contribution in [0.4, 0.5) is 14.9 Å². The molecule has 1 amide bonds. The zero-order chi connectivity index (χ0) is 12.1. The van der Waals surface area contributed by atoms with Crippen LogP contribution < -0.4 is 4.90 Å². The van der Waals surface area contributed by atoms with Crippen LogP contribution >= 0.6 is 11.6 Å². The van der Waals surface area contributed by atoms with E-state index in [9.17, 15) is 9.18 Å². The molecule has 0 saturated carbocycles. The second-order valence-electron chi connectivity index (χ2n) is 3.04. The van der Waals surface area contributed by atoms with E-state index in [2.05, 4.69) is 0 Å². The summed E-state index contributed by atoms with van der Waals surface area (Å²) in [6.07, 6.45) is -0.494. The number of ether oxygens (including phenoxy) is 1. The van der Waals surface area contributed by atoms with Gasteiger partial charge in [-0.3, -0.25) is 4.90 Å². The summed E-state index contributed by atoms with van der Waals surface area (Å²) in [6.45, 7) is 4.18. The Hall–Kier alpha value is -1.29.